The fourth-order valence-electron chi connectivity index (χ4n) is 3.73. The molecule has 0 saturated heterocycles. The molecule has 2 aromatic rings. The first-order valence-corrected chi connectivity index (χ1v) is 12.3. The molecule has 2 rings (SSSR count). The van der Waals surface area contributed by atoms with Crippen molar-refractivity contribution in [3.8, 4) is 5.75 Å². The number of hydrogen-bond donors (Lipinski definition) is 3. The van der Waals surface area contributed by atoms with Gasteiger partial charge in [0, 0.05) is 12.2 Å². The minimum Gasteiger partial charge on any atom is -0.508 e. The van der Waals surface area contributed by atoms with Gasteiger partial charge in [0.15, 0.2) is 0 Å². The van der Waals surface area contributed by atoms with Crippen LogP contribution in [-0.2, 0) is 14.3 Å². The number of para-hydroxylation sites is 1. The summed E-state index contributed by atoms with van der Waals surface area (Å²) in [6.45, 7) is 10.9. The minimum absolute atomic E-state index is 0.104. The molecular weight excluding hydrogens is 458 g/mol. The third-order valence-corrected chi connectivity index (χ3v) is 5.61. The first kappa shape index (κ1) is 28.7. The lowest BCUT2D eigenvalue weighted by molar-refractivity contribution is -0.138. The van der Waals surface area contributed by atoms with Gasteiger partial charge in [0.05, 0.1) is 0 Å². The van der Waals surface area contributed by atoms with E-state index in [0.29, 0.717) is 29.8 Å². The number of amides is 3. The van der Waals surface area contributed by atoms with Gasteiger partial charge in [-0.2, -0.15) is 0 Å². The van der Waals surface area contributed by atoms with Crippen LogP contribution in [0.2, 0.25) is 0 Å². The second-order valence-corrected chi connectivity index (χ2v) is 9.90. The van der Waals surface area contributed by atoms with Crippen molar-refractivity contribution in [3.05, 3.63) is 59.2 Å². The lowest BCUT2D eigenvalue weighted by Crippen LogP contribution is -2.47. The number of phenols is 1. The maximum Gasteiger partial charge on any atom is 0.408 e. The molecule has 0 bridgehead atoms. The van der Waals surface area contributed by atoms with Crippen LogP contribution in [0, 0.1) is 13.8 Å². The summed E-state index contributed by atoms with van der Waals surface area (Å²) in [6.07, 6.45) is 1.81. The lowest BCUT2D eigenvalue weighted by atomic mass is 10.00. The summed E-state index contributed by atoms with van der Waals surface area (Å²) in [5, 5.41) is 15.5. The van der Waals surface area contributed by atoms with Gasteiger partial charge in [-0.15, -0.1) is 0 Å². The summed E-state index contributed by atoms with van der Waals surface area (Å²) in [4.78, 5) is 40.8. The Labute approximate surface area is 214 Å². The van der Waals surface area contributed by atoms with Crippen LogP contribution in [-0.4, -0.2) is 46.6 Å². The summed E-state index contributed by atoms with van der Waals surface area (Å²) in [7, 11) is 0. The number of alkyl carbamates (subject to hydrolysis) is 1. The number of nitrogens with one attached hydrogen (secondary N) is 2. The Kier molecular flexibility index (Phi) is 10.3. The van der Waals surface area contributed by atoms with Crippen LogP contribution in [0.1, 0.15) is 69.7 Å². The first-order chi connectivity index (χ1) is 16.9. The quantitative estimate of drug-likeness (QED) is 0.390. The highest BCUT2D eigenvalue weighted by Gasteiger charge is 2.32. The predicted molar refractivity (Wildman–Crippen MR) is 141 cm³/mol. The highest BCUT2D eigenvalue weighted by molar-refractivity contribution is 5.98. The smallest absolute Gasteiger partial charge is 0.408 e. The summed E-state index contributed by atoms with van der Waals surface area (Å²) in [5.41, 5.74) is 2.00. The number of hydrogen-bond acceptors (Lipinski definition) is 5. The molecule has 36 heavy (non-hydrogen) atoms. The molecule has 1 atom stereocenters. The molecule has 8 heteroatoms. The van der Waals surface area contributed by atoms with Crippen molar-refractivity contribution in [3.63, 3.8) is 0 Å². The monoisotopic (exact) mass is 497 g/mol. The Balaban J connectivity index is 2.40. The van der Waals surface area contributed by atoms with Gasteiger partial charge in [-0.1, -0.05) is 44.0 Å². The molecule has 0 aliphatic rings. The van der Waals surface area contributed by atoms with Crippen LogP contribution in [0.25, 0.3) is 0 Å². The van der Waals surface area contributed by atoms with E-state index in [2.05, 4.69) is 17.6 Å². The number of benzene rings is 2. The Morgan fingerprint density at radius 1 is 1.03 bits per heavy atom. The van der Waals surface area contributed by atoms with Gasteiger partial charge in [0.25, 0.3) is 5.91 Å². The van der Waals surface area contributed by atoms with E-state index in [0.717, 1.165) is 18.4 Å². The number of phenolic OH excluding ortho intramolecular Hbond substituents is 1. The first-order valence-electron chi connectivity index (χ1n) is 12.3. The van der Waals surface area contributed by atoms with Crippen molar-refractivity contribution in [1.82, 2.24) is 10.2 Å². The van der Waals surface area contributed by atoms with Crippen molar-refractivity contribution in [2.75, 3.05) is 18.4 Å². The average molecular weight is 498 g/mol. The molecule has 0 aliphatic heterocycles. The number of carbonyl (C=O) groups is 3. The van der Waals surface area contributed by atoms with E-state index in [-0.39, 0.29) is 18.2 Å². The lowest BCUT2D eigenvalue weighted by Gasteiger charge is -2.32. The predicted octanol–water partition coefficient (Wildman–Crippen LogP) is 5.23. The fourth-order valence-corrected chi connectivity index (χ4v) is 3.73. The summed E-state index contributed by atoms with van der Waals surface area (Å²) in [5.74, 6) is -0.684. The summed E-state index contributed by atoms with van der Waals surface area (Å²) in [6, 6.07) is 11.3. The van der Waals surface area contributed by atoms with Crippen LogP contribution in [0.15, 0.2) is 42.5 Å². The number of aryl methyl sites for hydroxylation is 2. The van der Waals surface area contributed by atoms with Gasteiger partial charge >= 0.3 is 6.09 Å². The van der Waals surface area contributed by atoms with Crippen LogP contribution in [0.5, 0.6) is 5.75 Å². The van der Waals surface area contributed by atoms with Gasteiger partial charge < -0.3 is 25.4 Å². The van der Waals surface area contributed by atoms with E-state index in [1.807, 2.05) is 25.1 Å². The summed E-state index contributed by atoms with van der Waals surface area (Å²) >= 11 is 0. The molecule has 0 aliphatic carbocycles. The van der Waals surface area contributed by atoms with Crippen molar-refractivity contribution >= 4 is 23.6 Å². The maximum absolute atomic E-state index is 13.7. The minimum atomic E-state index is -0.964. The standard InChI is InChI=1S/C28H39N3O5/c1-7-8-11-16-31(24(33)18-29-27(35)36-28(4,5)6)25(21-14-15-23(32)20(3)17-21)26(34)30-22-13-10-9-12-19(22)2/h9-10,12-15,17,25,32H,7-8,11,16,18H2,1-6H3,(H,29,35)(H,30,34). The molecule has 0 aromatic heterocycles. The molecule has 8 nitrogen and oxygen atoms in total. The Morgan fingerprint density at radius 2 is 1.72 bits per heavy atom. The van der Waals surface area contributed by atoms with Gasteiger partial charge in [0.1, 0.15) is 23.9 Å². The molecule has 0 saturated carbocycles. The topological polar surface area (TPSA) is 108 Å². The fraction of sp³-hybridized carbons (Fsp3) is 0.464. The number of anilines is 1. The van der Waals surface area contributed by atoms with Crippen molar-refractivity contribution in [2.24, 2.45) is 0 Å². The van der Waals surface area contributed by atoms with Gasteiger partial charge in [-0.3, -0.25) is 9.59 Å². The molecule has 1 unspecified atom stereocenters. The number of carbonyl (C=O) groups excluding carboxylic acids is 3. The van der Waals surface area contributed by atoms with E-state index >= 15 is 0 Å². The molecule has 3 amide bonds. The number of ether oxygens (including phenoxy) is 1. The van der Waals surface area contributed by atoms with E-state index in [4.69, 9.17) is 4.74 Å². The van der Waals surface area contributed by atoms with Crippen molar-refractivity contribution in [2.45, 2.75) is 72.4 Å². The second kappa shape index (κ2) is 13.0. The van der Waals surface area contributed by atoms with E-state index in [9.17, 15) is 19.5 Å². The third kappa shape index (κ3) is 8.59. The van der Waals surface area contributed by atoms with Crippen LogP contribution in [0.4, 0.5) is 10.5 Å². The zero-order valence-corrected chi connectivity index (χ0v) is 22.2. The molecule has 0 spiro atoms. The van der Waals surface area contributed by atoms with E-state index in [1.165, 1.54) is 11.0 Å². The Morgan fingerprint density at radius 3 is 2.33 bits per heavy atom. The largest absolute Gasteiger partial charge is 0.508 e. The molecule has 0 fully saturated rings. The molecule has 0 heterocycles. The van der Waals surface area contributed by atoms with Crippen molar-refractivity contribution in [1.29, 1.82) is 0 Å². The Bertz CT molecular complexity index is 1060. The number of aromatic hydroxyl groups is 1. The van der Waals surface area contributed by atoms with E-state index < -0.39 is 23.6 Å². The normalized spacial score (nSPS) is 11.9. The zero-order valence-electron chi connectivity index (χ0n) is 22.2. The number of nitrogens with zero attached hydrogens (tertiary/aromatic N) is 1. The van der Waals surface area contributed by atoms with Crippen LogP contribution < -0.4 is 10.6 Å². The van der Waals surface area contributed by atoms with E-state index in [1.54, 1.807) is 45.9 Å². The average Bonchev–Trinajstić information content (AvgIpc) is 2.79. The second-order valence-electron chi connectivity index (χ2n) is 9.90. The third-order valence-electron chi connectivity index (χ3n) is 5.61. The number of unbranched alkanes of at least 4 members (excludes halogenated alkanes) is 2. The van der Waals surface area contributed by atoms with Gasteiger partial charge in [-0.25, -0.2) is 4.79 Å². The molecular formula is C28H39N3O5. The molecule has 3 N–H and O–H groups in total. The SMILES string of the molecule is CCCCCN(C(=O)CNC(=O)OC(C)(C)C)C(C(=O)Nc1ccccc1C)c1ccc(O)c(C)c1. The summed E-state index contributed by atoms with van der Waals surface area (Å²) < 4.78 is 5.25. The maximum atomic E-state index is 13.7. The Hall–Kier alpha value is -3.55. The van der Waals surface area contributed by atoms with Gasteiger partial charge in [0.2, 0.25) is 5.91 Å². The number of rotatable bonds is 10. The van der Waals surface area contributed by atoms with Crippen LogP contribution in [0.3, 0.4) is 0 Å². The highest BCUT2D eigenvalue weighted by atomic mass is 16.6. The zero-order chi connectivity index (χ0) is 26.9. The van der Waals surface area contributed by atoms with Crippen LogP contribution >= 0.6 is 0 Å². The molecule has 196 valence electrons. The molecule has 2 aromatic carbocycles. The van der Waals surface area contributed by atoms with Crippen molar-refractivity contribution < 1.29 is 24.2 Å². The van der Waals surface area contributed by atoms with Gasteiger partial charge in [-0.05, 0) is 75.9 Å². The highest BCUT2D eigenvalue weighted by Crippen LogP contribution is 2.28. The molecule has 0 radical (unpaired) electrons.